The van der Waals surface area contributed by atoms with E-state index in [0.29, 0.717) is 11.9 Å². The number of hydrogen-bond acceptors (Lipinski definition) is 6. The van der Waals surface area contributed by atoms with Crippen molar-refractivity contribution < 1.29 is 4.74 Å². The zero-order chi connectivity index (χ0) is 15.4. The van der Waals surface area contributed by atoms with Gasteiger partial charge in [0.15, 0.2) is 0 Å². The van der Waals surface area contributed by atoms with Crippen LogP contribution in [0.15, 0.2) is 55.1 Å². The van der Waals surface area contributed by atoms with Gasteiger partial charge in [-0.2, -0.15) is 0 Å². The molecule has 6 nitrogen and oxygen atoms in total. The lowest BCUT2D eigenvalue weighted by atomic mass is 10.1. The van der Waals surface area contributed by atoms with Crippen molar-refractivity contribution in [2.45, 2.75) is 0 Å². The zero-order valence-electron chi connectivity index (χ0n) is 12.3. The summed E-state index contributed by atoms with van der Waals surface area (Å²) in [5.74, 6) is 1.92. The zero-order valence-corrected chi connectivity index (χ0v) is 12.3. The largest absolute Gasteiger partial charge is 0.497 e. The highest BCUT2D eigenvalue weighted by Crippen LogP contribution is 2.22. The van der Waals surface area contributed by atoms with Crippen LogP contribution in [0.4, 0.5) is 11.9 Å². The normalized spacial score (nSPS) is 10.3. The Labute approximate surface area is 128 Å². The Balaban J connectivity index is 1.83. The Morgan fingerprint density at radius 3 is 2.00 bits per heavy atom. The summed E-state index contributed by atoms with van der Waals surface area (Å²) in [7, 11) is 3.48. The molecular weight excluding hydrogens is 278 g/mol. The van der Waals surface area contributed by atoms with Crippen molar-refractivity contribution in [2.75, 3.05) is 19.1 Å². The van der Waals surface area contributed by atoms with Gasteiger partial charge in [-0.15, -0.1) is 0 Å². The van der Waals surface area contributed by atoms with E-state index in [0.717, 1.165) is 16.9 Å². The molecule has 0 N–H and O–H groups in total. The monoisotopic (exact) mass is 293 g/mol. The average Bonchev–Trinajstić information content (AvgIpc) is 2.62. The smallest absolute Gasteiger partial charge is 0.231 e. The van der Waals surface area contributed by atoms with E-state index in [9.17, 15) is 0 Å². The van der Waals surface area contributed by atoms with Gasteiger partial charge in [0, 0.05) is 37.4 Å². The molecule has 3 aromatic rings. The molecule has 0 aliphatic heterocycles. The topological polar surface area (TPSA) is 64.0 Å². The summed E-state index contributed by atoms with van der Waals surface area (Å²) < 4.78 is 5.15. The molecule has 0 bridgehead atoms. The van der Waals surface area contributed by atoms with Crippen LogP contribution >= 0.6 is 0 Å². The van der Waals surface area contributed by atoms with E-state index in [1.54, 1.807) is 42.9 Å². The number of anilines is 2. The number of methoxy groups -OCH3 is 1. The molecule has 0 saturated heterocycles. The summed E-state index contributed by atoms with van der Waals surface area (Å²) >= 11 is 0. The van der Waals surface area contributed by atoms with Gasteiger partial charge in [0.2, 0.25) is 11.9 Å². The van der Waals surface area contributed by atoms with Crippen molar-refractivity contribution in [1.29, 1.82) is 0 Å². The Kier molecular flexibility index (Phi) is 3.91. The van der Waals surface area contributed by atoms with E-state index in [4.69, 9.17) is 4.74 Å². The second-order valence-corrected chi connectivity index (χ2v) is 4.61. The molecule has 2 heterocycles. The third kappa shape index (κ3) is 2.85. The van der Waals surface area contributed by atoms with Crippen LogP contribution in [0.2, 0.25) is 0 Å². The molecule has 0 saturated carbocycles. The lowest BCUT2D eigenvalue weighted by Crippen LogP contribution is -2.15. The summed E-state index contributed by atoms with van der Waals surface area (Å²) in [6.07, 6.45) is 6.93. The molecule has 6 heteroatoms. The predicted octanol–water partition coefficient (Wildman–Crippen LogP) is 2.71. The molecule has 0 aliphatic rings. The van der Waals surface area contributed by atoms with E-state index in [2.05, 4.69) is 19.9 Å². The van der Waals surface area contributed by atoms with Crippen molar-refractivity contribution >= 4 is 11.9 Å². The summed E-state index contributed by atoms with van der Waals surface area (Å²) in [5, 5.41) is 0. The van der Waals surface area contributed by atoms with Crippen molar-refractivity contribution in [3.63, 3.8) is 0 Å². The SMILES string of the molecule is COc1ccc(-c2cnc(N(C)c3ncccn3)nc2)cc1. The first-order valence-electron chi connectivity index (χ1n) is 6.75. The van der Waals surface area contributed by atoms with E-state index in [-0.39, 0.29) is 0 Å². The minimum Gasteiger partial charge on any atom is -0.497 e. The van der Waals surface area contributed by atoms with Crippen LogP contribution in [0.1, 0.15) is 0 Å². The third-order valence-electron chi connectivity index (χ3n) is 3.21. The summed E-state index contributed by atoms with van der Waals surface area (Å²) in [6.45, 7) is 0. The molecule has 0 aliphatic carbocycles. The molecule has 2 aromatic heterocycles. The molecule has 1 aromatic carbocycles. The van der Waals surface area contributed by atoms with Gasteiger partial charge in [0.1, 0.15) is 5.75 Å². The van der Waals surface area contributed by atoms with Gasteiger partial charge in [-0.25, -0.2) is 19.9 Å². The number of aromatic nitrogens is 4. The fraction of sp³-hybridized carbons (Fsp3) is 0.125. The second kappa shape index (κ2) is 6.17. The Morgan fingerprint density at radius 2 is 1.41 bits per heavy atom. The number of benzene rings is 1. The van der Waals surface area contributed by atoms with Gasteiger partial charge in [-0.05, 0) is 23.8 Å². The highest BCUT2D eigenvalue weighted by Gasteiger charge is 2.09. The van der Waals surface area contributed by atoms with Crippen LogP contribution in [-0.2, 0) is 0 Å². The molecule has 0 spiro atoms. The predicted molar refractivity (Wildman–Crippen MR) is 84.1 cm³/mol. The van der Waals surface area contributed by atoms with Gasteiger partial charge in [-0.1, -0.05) is 12.1 Å². The second-order valence-electron chi connectivity index (χ2n) is 4.61. The van der Waals surface area contributed by atoms with Crippen LogP contribution in [0.3, 0.4) is 0 Å². The van der Waals surface area contributed by atoms with Crippen LogP contribution < -0.4 is 9.64 Å². The van der Waals surface area contributed by atoms with E-state index >= 15 is 0 Å². The highest BCUT2D eigenvalue weighted by atomic mass is 16.5. The molecule has 0 unspecified atom stereocenters. The molecule has 0 atom stereocenters. The Hall–Kier alpha value is -3.02. The van der Waals surface area contributed by atoms with Gasteiger partial charge < -0.3 is 4.74 Å². The lowest BCUT2D eigenvalue weighted by molar-refractivity contribution is 0.415. The third-order valence-corrected chi connectivity index (χ3v) is 3.21. The van der Waals surface area contributed by atoms with Crippen molar-refractivity contribution in [3.8, 4) is 16.9 Å². The average molecular weight is 293 g/mol. The number of rotatable bonds is 4. The first-order valence-corrected chi connectivity index (χ1v) is 6.75. The highest BCUT2D eigenvalue weighted by molar-refractivity contribution is 5.63. The minimum absolute atomic E-state index is 0.545. The molecule has 110 valence electrons. The van der Waals surface area contributed by atoms with Crippen molar-refractivity contribution in [3.05, 3.63) is 55.1 Å². The minimum atomic E-state index is 0.545. The maximum atomic E-state index is 5.15. The summed E-state index contributed by atoms with van der Waals surface area (Å²) in [4.78, 5) is 18.8. The molecule has 0 amide bonds. The standard InChI is InChI=1S/C16H15N5O/c1-21(15-17-8-3-9-18-15)16-19-10-13(11-20-16)12-4-6-14(22-2)7-5-12/h3-11H,1-2H3. The van der Waals surface area contributed by atoms with E-state index < -0.39 is 0 Å². The number of nitrogens with zero attached hydrogens (tertiary/aromatic N) is 5. The van der Waals surface area contributed by atoms with Gasteiger partial charge in [-0.3, -0.25) is 4.90 Å². The fourth-order valence-corrected chi connectivity index (χ4v) is 1.98. The van der Waals surface area contributed by atoms with Crippen molar-refractivity contribution in [1.82, 2.24) is 19.9 Å². The molecule has 3 rings (SSSR count). The van der Waals surface area contributed by atoms with Gasteiger partial charge in [0.25, 0.3) is 0 Å². The molecule has 22 heavy (non-hydrogen) atoms. The maximum absolute atomic E-state index is 5.15. The quantitative estimate of drug-likeness (QED) is 0.737. The fourth-order valence-electron chi connectivity index (χ4n) is 1.98. The van der Waals surface area contributed by atoms with Crippen LogP contribution in [0, 0.1) is 0 Å². The summed E-state index contributed by atoms with van der Waals surface area (Å²) in [6, 6.07) is 9.54. The van der Waals surface area contributed by atoms with Gasteiger partial charge in [0.05, 0.1) is 7.11 Å². The van der Waals surface area contributed by atoms with E-state index in [1.165, 1.54) is 0 Å². The van der Waals surface area contributed by atoms with Crippen LogP contribution in [-0.4, -0.2) is 34.1 Å². The maximum Gasteiger partial charge on any atom is 0.231 e. The lowest BCUT2D eigenvalue weighted by Gasteiger charge is -2.14. The Morgan fingerprint density at radius 1 is 0.818 bits per heavy atom. The molecule has 0 fully saturated rings. The van der Waals surface area contributed by atoms with Crippen molar-refractivity contribution in [2.24, 2.45) is 0 Å². The molecule has 0 radical (unpaired) electrons. The van der Waals surface area contributed by atoms with Crippen LogP contribution in [0.5, 0.6) is 5.75 Å². The Bertz CT molecular complexity index is 729. The number of hydrogen-bond donors (Lipinski definition) is 0. The first-order chi connectivity index (χ1) is 10.8. The van der Waals surface area contributed by atoms with E-state index in [1.807, 2.05) is 31.3 Å². The van der Waals surface area contributed by atoms with Gasteiger partial charge >= 0.3 is 0 Å². The molecular formula is C16H15N5O. The van der Waals surface area contributed by atoms with Crippen LogP contribution in [0.25, 0.3) is 11.1 Å². The number of ether oxygens (including phenoxy) is 1. The first kappa shape index (κ1) is 13.9. The summed E-state index contributed by atoms with van der Waals surface area (Å²) in [5.41, 5.74) is 1.97.